The van der Waals surface area contributed by atoms with Crippen LogP contribution in [0.15, 0.2) is 48.0 Å². The van der Waals surface area contributed by atoms with E-state index in [4.69, 9.17) is 14.2 Å². The highest BCUT2D eigenvalue weighted by Crippen LogP contribution is 2.45. The molecule has 39 heavy (non-hydrogen) atoms. The van der Waals surface area contributed by atoms with E-state index in [0.29, 0.717) is 35.6 Å². The Morgan fingerprint density at radius 3 is 2.72 bits per heavy atom. The smallest absolute Gasteiger partial charge is 0.350 e. The summed E-state index contributed by atoms with van der Waals surface area (Å²) in [5.74, 6) is -1.29. The molecule has 1 fully saturated rings. The Hall–Kier alpha value is -4.18. The highest BCUT2D eigenvalue weighted by atomic mass is 32.1. The minimum absolute atomic E-state index is 0.00557. The van der Waals surface area contributed by atoms with Gasteiger partial charge in [-0.15, -0.1) is 0 Å². The molecule has 0 unspecified atom stereocenters. The summed E-state index contributed by atoms with van der Waals surface area (Å²) >= 11 is 0.965. The lowest BCUT2D eigenvalue weighted by Crippen LogP contribution is -2.29. The molecule has 9 nitrogen and oxygen atoms in total. The number of benzene rings is 2. The first kappa shape index (κ1) is 26.4. The number of nitrogens with zero attached hydrogens (tertiary/aromatic N) is 2. The largest absolute Gasteiger partial charge is 0.507 e. The average Bonchev–Trinajstić information content (AvgIpc) is 3.56. The molecule has 2 atom stereocenters. The number of carbonyl (C=O) groups excluding carboxylic acids is 3. The minimum Gasteiger partial charge on any atom is -0.507 e. The lowest BCUT2D eigenvalue weighted by Gasteiger charge is -2.23. The molecule has 0 bridgehead atoms. The van der Waals surface area contributed by atoms with Crippen molar-refractivity contribution in [1.82, 2.24) is 4.98 Å². The van der Waals surface area contributed by atoms with Crippen LogP contribution in [0.2, 0.25) is 0 Å². The summed E-state index contributed by atoms with van der Waals surface area (Å²) in [6, 6.07) is 11.2. The van der Waals surface area contributed by atoms with Gasteiger partial charge in [-0.3, -0.25) is 14.5 Å². The van der Waals surface area contributed by atoms with Crippen molar-refractivity contribution in [3.63, 3.8) is 0 Å². The molecule has 1 amide bonds. The number of aliphatic hydroxyl groups is 1. The van der Waals surface area contributed by atoms with Gasteiger partial charge in [0.25, 0.3) is 5.78 Å². The number of anilines is 1. The molecule has 3 heterocycles. The molecule has 0 saturated carbocycles. The van der Waals surface area contributed by atoms with Gasteiger partial charge in [-0.25, -0.2) is 9.78 Å². The molecule has 0 aliphatic carbocycles. The number of ketones is 1. The second kappa shape index (κ2) is 10.5. The zero-order valence-electron chi connectivity index (χ0n) is 22.0. The minimum atomic E-state index is -1.01. The highest BCUT2D eigenvalue weighted by Gasteiger charge is 2.48. The second-order valence-electron chi connectivity index (χ2n) is 9.26. The maximum absolute atomic E-state index is 13.5. The van der Waals surface area contributed by atoms with Crippen LogP contribution in [0.4, 0.5) is 5.13 Å². The second-order valence-corrected chi connectivity index (χ2v) is 10.2. The van der Waals surface area contributed by atoms with Gasteiger partial charge in [-0.2, -0.15) is 0 Å². The van der Waals surface area contributed by atoms with Gasteiger partial charge >= 0.3 is 11.9 Å². The van der Waals surface area contributed by atoms with Crippen molar-refractivity contribution in [2.45, 2.75) is 46.3 Å². The van der Waals surface area contributed by atoms with Crippen LogP contribution in [0.25, 0.3) is 5.76 Å². The molecule has 202 valence electrons. The summed E-state index contributed by atoms with van der Waals surface area (Å²) in [5, 5.41) is 11.7. The fourth-order valence-electron chi connectivity index (χ4n) is 4.88. The summed E-state index contributed by atoms with van der Waals surface area (Å²) in [7, 11) is 0. The Labute approximate surface area is 229 Å². The van der Waals surface area contributed by atoms with E-state index < -0.39 is 23.7 Å². The molecule has 3 aromatic rings. The topological polar surface area (TPSA) is 115 Å². The summed E-state index contributed by atoms with van der Waals surface area (Å²) in [6.45, 7) is 7.76. The molecule has 1 saturated heterocycles. The third-order valence-electron chi connectivity index (χ3n) is 6.55. The molecular weight excluding hydrogens is 520 g/mol. The number of carbonyl (C=O) groups is 3. The van der Waals surface area contributed by atoms with Crippen LogP contribution in [-0.4, -0.2) is 47.1 Å². The van der Waals surface area contributed by atoms with Crippen LogP contribution in [-0.2, 0) is 20.7 Å². The van der Waals surface area contributed by atoms with Gasteiger partial charge in [-0.05, 0) is 69.2 Å². The molecule has 10 heteroatoms. The van der Waals surface area contributed by atoms with E-state index in [-0.39, 0.29) is 34.1 Å². The highest BCUT2D eigenvalue weighted by molar-refractivity contribution is 7.17. The first-order chi connectivity index (χ1) is 18.7. The SMILES string of the molecule is CCOC(=O)c1sc(N2C(=O)C(=O)/C(=C(/O)c3ccc4c(c3)C[C@@H](C)O4)[C@H]2c2cccc(OCC)c2)nc1C. The van der Waals surface area contributed by atoms with Crippen LogP contribution in [0.1, 0.15) is 58.9 Å². The van der Waals surface area contributed by atoms with Crippen molar-refractivity contribution in [3.05, 3.63) is 75.3 Å². The van der Waals surface area contributed by atoms with E-state index in [1.165, 1.54) is 4.90 Å². The fraction of sp³-hybridized carbons (Fsp3) is 0.310. The van der Waals surface area contributed by atoms with E-state index >= 15 is 0 Å². The Bertz CT molecular complexity index is 1510. The van der Waals surface area contributed by atoms with Crippen LogP contribution in [0, 0.1) is 6.92 Å². The molecule has 1 aromatic heterocycles. The Morgan fingerprint density at radius 2 is 1.97 bits per heavy atom. The zero-order valence-corrected chi connectivity index (χ0v) is 22.8. The number of rotatable bonds is 7. The van der Waals surface area contributed by atoms with Crippen molar-refractivity contribution in [2.24, 2.45) is 0 Å². The molecule has 2 aromatic carbocycles. The maximum atomic E-state index is 13.5. The van der Waals surface area contributed by atoms with Crippen LogP contribution in [0.5, 0.6) is 11.5 Å². The Balaban J connectivity index is 1.67. The molecule has 2 aliphatic rings. The Kier molecular flexibility index (Phi) is 7.14. The summed E-state index contributed by atoms with van der Waals surface area (Å²) in [5.41, 5.74) is 2.16. The number of thiazole rings is 1. The molecular formula is C29H28N2O7S. The number of fused-ring (bicyclic) bond motifs is 1. The van der Waals surface area contributed by atoms with E-state index in [1.807, 2.05) is 13.8 Å². The normalized spacial score (nSPS) is 19.6. The number of hydrogen-bond donors (Lipinski definition) is 1. The summed E-state index contributed by atoms with van der Waals surface area (Å²) in [4.78, 5) is 45.5. The van der Waals surface area contributed by atoms with Crippen molar-refractivity contribution in [1.29, 1.82) is 0 Å². The monoisotopic (exact) mass is 548 g/mol. The van der Waals surface area contributed by atoms with E-state index in [2.05, 4.69) is 4.98 Å². The maximum Gasteiger partial charge on any atom is 0.350 e. The fourth-order valence-corrected chi connectivity index (χ4v) is 5.87. The zero-order chi connectivity index (χ0) is 27.8. The Morgan fingerprint density at radius 1 is 1.18 bits per heavy atom. The summed E-state index contributed by atoms with van der Waals surface area (Å²) in [6.07, 6.45) is 0.672. The van der Waals surface area contributed by atoms with Gasteiger partial charge < -0.3 is 19.3 Å². The molecule has 2 aliphatic heterocycles. The van der Waals surface area contributed by atoms with Crippen molar-refractivity contribution in [2.75, 3.05) is 18.1 Å². The van der Waals surface area contributed by atoms with Crippen molar-refractivity contribution < 1.29 is 33.7 Å². The number of aromatic nitrogens is 1. The van der Waals surface area contributed by atoms with Gasteiger partial charge in [0.1, 0.15) is 28.2 Å². The van der Waals surface area contributed by atoms with E-state index in [0.717, 1.165) is 22.6 Å². The predicted molar refractivity (Wildman–Crippen MR) is 145 cm³/mol. The lowest BCUT2D eigenvalue weighted by molar-refractivity contribution is -0.132. The number of amides is 1. The molecule has 1 N–H and O–H groups in total. The quantitative estimate of drug-likeness (QED) is 0.190. The number of hydrogen-bond acceptors (Lipinski definition) is 9. The van der Waals surface area contributed by atoms with E-state index in [1.54, 1.807) is 56.3 Å². The number of aryl methyl sites for hydroxylation is 1. The number of aliphatic hydroxyl groups excluding tert-OH is 1. The van der Waals surface area contributed by atoms with Gasteiger partial charge in [-0.1, -0.05) is 23.5 Å². The van der Waals surface area contributed by atoms with Crippen molar-refractivity contribution >= 4 is 39.9 Å². The number of Topliss-reactive ketones (excluding diaryl/α,β-unsaturated/α-hetero) is 1. The van der Waals surface area contributed by atoms with Gasteiger partial charge in [0.2, 0.25) is 0 Å². The molecule has 5 rings (SSSR count). The van der Waals surface area contributed by atoms with Crippen LogP contribution >= 0.6 is 11.3 Å². The van der Waals surface area contributed by atoms with Crippen molar-refractivity contribution in [3.8, 4) is 11.5 Å². The third kappa shape index (κ3) is 4.76. The first-order valence-corrected chi connectivity index (χ1v) is 13.5. The van der Waals surface area contributed by atoms with Crippen LogP contribution < -0.4 is 14.4 Å². The average molecular weight is 549 g/mol. The summed E-state index contributed by atoms with van der Waals surface area (Å²) < 4.78 is 16.6. The lowest BCUT2D eigenvalue weighted by atomic mass is 9.94. The third-order valence-corrected chi connectivity index (χ3v) is 7.69. The predicted octanol–water partition coefficient (Wildman–Crippen LogP) is 4.98. The molecule has 0 radical (unpaired) electrons. The number of ether oxygens (including phenoxy) is 3. The standard InChI is InChI=1S/C29H28N2O7S/c1-5-36-20-9-7-8-17(14-20)23-22(24(32)18-10-11-21-19(13-18)12-15(3)38-21)25(33)27(34)31(23)29-30-16(4)26(39-29)28(35)37-6-2/h7-11,13-15,23,32H,5-6,12H2,1-4H3/b24-22+/t15-,23-/m1/s1. The molecule has 0 spiro atoms. The number of esters is 1. The first-order valence-electron chi connectivity index (χ1n) is 12.7. The van der Waals surface area contributed by atoms with Gasteiger partial charge in [0, 0.05) is 12.0 Å². The van der Waals surface area contributed by atoms with Gasteiger partial charge in [0.15, 0.2) is 5.13 Å². The van der Waals surface area contributed by atoms with E-state index in [9.17, 15) is 19.5 Å². The van der Waals surface area contributed by atoms with Crippen LogP contribution in [0.3, 0.4) is 0 Å². The van der Waals surface area contributed by atoms with Gasteiger partial charge in [0.05, 0.1) is 30.5 Å².